The Balaban J connectivity index is 0. The highest BCUT2D eigenvalue weighted by Gasteiger charge is 2.09. The third-order valence-electron chi connectivity index (χ3n) is 1.76. The molecule has 0 fully saturated rings. The van der Waals surface area contributed by atoms with Gasteiger partial charge in [-0.3, -0.25) is 4.79 Å². The highest BCUT2D eigenvalue weighted by molar-refractivity contribution is 5.85. The summed E-state index contributed by atoms with van der Waals surface area (Å²) >= 11 is 0. The van der Waals surface area contributed by atoms with Gasteiger partial charge in [0.2, 0.25) is 5.91 Å². The van der Waals surface area contributed by atoms with Crippen LogP contribution in [-0.2, 0) is 11.2 Å². The minimum atomic E-state index is -0.662. The van der Waals surface area contributed by atoms with Gasteiger partial charge in [-0.25, -0.2) is 0 Å². The summed E-state index contributed by atoms with van der Waals surface area (Å²) in [7, 11) is 0. The fourth-order valence-corrected chi connectivity index (χ4v) is 0.987. The van der Waals surface area contributed by atoms with Gasteiger partial charge in [-0.15, -0.1) is 24.8 Å². The number of rotatable bonds is 3. The van der Waals surface area contributed by atoms with E-state index in [9.17, 15) is 4.79 Å². The Bertz CT molecular complexity index is 303. The third kappa shape index (κ3) is 5.47. The summed E-state index contributed by atoms with van der Waals surface area (Å²) in [6.07, 6.45) is 0.398. The fraction of sp³-hybridized carbons (Fsp3) is 0.222. The van der Waals surface area contributed by atoms with Gasteiger partial charge >= 0.3 is 0 Å². The number of halogens is 2. The Morgan fingerprint density at radius 2 is 1.73 bits per heavy atom. The Kier molecular flexibility index (Phi) is 8.05. The van der Waals surface area contributed by atoms with Gasteiger partial charge in [0.25, 0.3) is 0 Å². The van der Waals surface area contributed by atoms with E-state index >= 15 is 0 Å². The molecule has 0 heterocycles. The van der Waals surface area contributed by atoms with Crippen LogP contribution in [0.4, 0.5) is 0 Å². The number of primary amides is 1. The van der Waals surface area contributed by atoms with Gasteiger partial charge in [0.1, 0.15) is 5.75 Å². The molecule has 15 heavy (non-hydrogen) atoms. The molecule has 1 rings (SSSR count). The molecule has 0 aliphatic heterocycles. The molecule has 0 bridgehead atoms. The number of nitrogens with two attached hydrogens (primary N) is 2. The molecule has 0 aliphatic rings. The highest BCUT2D eigenvalue weighted by atomic mass is 35.5. The van der Waals surface area contributed by atoms with Crippen LogP contribution in [0, 0.1) is 0 Å². The van der Waals surface area contributed by atoms with E-state index in [0.29, 0.717) is 6.42 Å². The predicted octanol–water partition coefficient (Wildman–Crippen LogP) is 0.591. The first-order valence-electron chi connectivity index (χ1n) is 3.92. The molecule has 86 valence electrons. The van der Waals surface area contributed by atoms with Gasteiger partial charge in [-0.2, -0.15) is 0 Å². The quantitative estimate of drug-likeness (QED) is 0.736. The normalized spacial score (nSPS) is 10.7. The van der Waals surface area contributed by atoms with Crippen LogP contribution in [-0.4, -0.2) is 17.1 Å². The van der Waals surface area contributed by atoms with Gasteiger partial charge in [0, 0.05) is 0 Å². The van der Waals surface area contributed by atoms with Gasteiger partial charge in [-0.05, 0) is 24.1 Å². The zero-order valence-electron chi connectivity index (χ0n) is 7.92. The van der Waals surface area contributed by atoms with E-state index in [-0.39, 0.29) is 30.6 Å². The number of phenolic OH excluding ortho intramolecular Hbond substituents is 1. The first kappa shape index (κ1) is 16.5. The molecule has 1 atom stereocenters. The molecule has 6 heteroatoms. The van der Waals surface area contributed by atoms with E-state index in [0.717, 1.165) is 5.56 Å². The number of carbonyl (C=O) groups excluding carboxylic acids is 1. The summed E-state index contributed by atoms with van der Waals surface area (Å²) in [4.78, 5) is 10.6. The van der Waals surface area contributed by atoms with Crippen molar-refractivity contribution in [3.8, 4) is 5.75 Å². The van der Waals surface area contributed by atoms with Crippen LogP contribution in [0.3, 0.4) is 0 Å². The minimum Gasteiger partial charge on any atom is -0.508 e. The highest BCUT2D eigenvalue weighted by Crippen LogP contribution is 2.10. The van der Waals surface area contributed by atoms with Crippen LogP contribution in [0.1, 0.15) is 5.56 Å². The summed E-state index contributed by atoms with van der Waals surface area (Å²) in [6, 6.07) is 5.84. The molecule has 0 spiro atoms. The van der Waals surface area contributed by atoms with E-state index in [4.69, 9.17) is 16.6 Å². The second-order valence-electron chi connectivity index (χ2n) is 2.88. The van der Waals surface area contributed by atoms with Crippen LogP contribution in [0.5, 0.6) is 5.75 Å². The number of hydrogen-bond donors (Lipinski definition) is 3. The van der Waals surface area contributed by atoms with Crippen molar-refractivity contribution >= 4 is 30.7 Å². The van der Waals surface area contributed by atoms with E-state index in [1.54, 1.807) is 24.3 Å². The maximum absolute atomic E-state index is 10.6. The standard InChI is InChI=1S/C9H12N2O2.2ClH/c10-8(9(11)13)5-6-1-3-7(12)4-2-6;;/h1-4,8,12H,5,10H2,(H2,11,13);2*1H. The molecule has 1 aromatic carbocycles. The molecule has 5 N–H and O–H groups in total. The summed E-state index contributed by atoms with van der Waals surface area (Å²) in [5.41, 5.74) is 11.3. The second kappa shape index (κ2) is 7.34. The molecular formula is C9H14Cl2N2O2. The molecule has 0 saturated carbocycles. The van der Waals surface area contributed by atoms with E-state index in [1.165, 1.54) is 0 Å². The molecule has 1 unspecified atom stereocenters. The maximum atomic E-state index is 10.6. The van der Waals surface area contributed by atoms with Crippen molar-refractivity contribution in [2.75, 3.05) is 0 Å². The van der Waals surface area contributed by atoms with Crippen LogP contribution in [0.15, 0.2) is 24.3 Å². The van der Waals surface area contributed by atoms with Crippen molar-refractivity contribution in [2.24, 2.45) is 11.5 Å². The average Bonchev–Trinajstić information content (AvgIpc) is 2.08. The molecule has 1 amide bonds. The van der Waals surface area contributed by atoms with Crippen LogP contribution >= 0.6 is 24.8 Å². The zero-order chi connectivity index (χ0) is 9.84. The first-order chi connectivity index (χ1) is 6.09. The molecule has 0 aromatic heterocycles. The Morgan fingerprint density at radius 1 is 1.27 bits per heavy atom. The summed E-state index contributed by atoms with van der Waals surface area (Å²) < 4.78 is 0. The van der Waals surface area contributed by atoms with Gasteiger partial charge in [-0.1, -0.05) is 12.1 Å². The monoisotopic (exact) mass is 252 g/mol. The Morgan fingerprint density at radius 3 is 2.13 bits per heavy atom. The molecule has 0 saturated heterocycles. The van der Waals surface area contributed by atoms with Crippen molar-refractivity contribution in [1.82, 2.24) is 0 Å². The van der Waals surface area contributed by atoms with Crippen molar-refractivity contribution in [1.29, 1.82) is 0 Å². The number of hydrogen-bond acceptors (Lipinski definition) is 3. The molecule has 1 aromatic rings. The summed E-state index contributed by atoms with van der Waals surface area (Å²) in [5.74, 6) is -0.329. The minimum absolute atomic E-state index is 0. The van der Waals surface area contributed by atoms with Crippen molar-refractivity contribution < 1.29 is 9.90 Å². The lowest BCUT2D eigenvalue weighted by Crippen LogP contribution is -2.38. The second-order valence-corrected chi connectivity index (χ2v) is 2.88. The number of benzene rings is 1. The number of aromatic hydroxyl groups is 1. The Labute approximate surface area is 100 Å². The smallest absolute Gasteiger partial charge is 0.234 e. The average molecular weight is 253 g/mol. The lowest BCUT2D eigenvalue weighted by molar-refractivity contribution is -0.119. The van der Waals surface area contributed by atoms with Gasteiger partial charge in [0.05, 0.1) is 6.04 Å². The Hall–Kier alpha value is -0.970. The molecular weight excluding hydrogens is 239 g/mol. The van der Waals surface area contributed by atoms with Crippen LogP contribution in [0.25, 0.3) is 0 Å². The summed E-state index contributed by atoms with van der Waals surface area (Å²) in [5, 5.41) is 8.98. The molecule has 0 aliphatic carbocycles. The number of carbonyl (C=O) groups is 1. The fourth-order valence-electron chi connectivity index (χ4n) is 0.987. The molecule has 0 radical (unpaired) electrons. The molecule has 4 nitrogen and oxygen atoms in total. The van der Waals surface area contributed by atoms with E-state index in [2.05, 4.69) is 0 Å². The van der Waals surface area contributed by atoms with Crippen molar-refractivity contribution in [2.45, 2.75) is 12.5 Å². The van der Waals surface area contributed by atoms with Gasteiger partial charge < -0.3 is 16.6 Å². The zero-order valence-corrected chi connectivity index (χ0v) is 9.55. The summed E-state index contributed by atoms with van der Waals surface area (Å²) in [6.45, 7) is 0. The lowest BCUT2D eigenvalue weighted by atomic mass is 10.1. The topological polar surface area (TPSA) is 89.3 Å². The predicted molar refractivity (Wildman–Crippen MR) is 63.5 cm³/mol. The van der Waals surface area contributed by atoms with Crippen LogP contribution in [0.2, 0.25) is 0 Å². The third-order valence-corrected chi connectivity index (χ3v) is 1.76. The van der Waals surface area contributed by atoms with Crippen molar-refractivity contribution in [3.63, 3.8) is 0 Å². The number of phenols is 1. The van der Waals surface area contributed by atoms with Crippen molar-refractivity contribution in [3.05, 3.63) is 29.8 Å². The first-order valence-corrected chi connectivity index (χ1v) is 3.92. The van der Waals surface area contributed by atoms with E-state index in [1.807, 2.05) is 0 Å². The largest absolute Gasteiger partial charge is 0.508 e. The number of amides is 1. The maximum Gasteiger partial charge on any atom is 0.234 e. The van der Waals surface area contributed by atoms with Gasteiger partial charge in [0.15, 0.2) is 0 Å². The van der Waals surface area contributed by atoms with Crippen LogP contribution < -0.4 is 11.5 Å². The SMILES string of the molecule is Cl.Cl.NC(=O)C(N)Cc1ccc(O)cc1. The van der Waals surface area contributed by atoms with E-state index < -0.39 is 11.9 Å². The lowest BCUT2D eigenvalue weighted by Gasteiger charge is -2.06.